The van der Waals surface area contributed by atoms with Gasteiger partial charge in [0.15, 0.2) is 0 Å². The lowest BCUT2D eigenvalue weighted by Gasteiger charge is -2.23. The van der Waals surface area contributed by atoms with E-state index in [4.69, 9.17) is 16.7 Å². The minimum Gasteiger partial charge on any atom is -0.508 e. The topological polar surface area (TPSA) is 77.8 Å². The SMILES string of the molecule is CC(C)CN(CC(=O)O)C(=O)c1cc(O)ccc1Cl. The van der Waals surface area contributed by atoms with Crippen molar-refractivity contribution in [2.45, 2.75) is 13.8 Å². The van der Waals surface area contributed by atoms with Crippen LogP contribution in [0, 0.1) is 5.92 Å². The standard InChI is InChI=1S/C13H16ClNO4/c1-8(2)6-15(7-12(17)18)13(19)10-5-9(16)3-4-11(10)14/h3-5,8,16H,6-7H2,1-2H3,(H,17,18). The Morgan fingerprint density at radius 1 is 1.37 bits per heavy atom. The predicted molar refractivity (Wildman–Crippen MR) is 71.5 cm³/mol. The van der Waals surface area contributed by atoms with Gasteiger partial charge in [-0.25, -0.2) is 0 Å². The molecule has 0 saturated heterocycles. The molecule has 1 aromatic rings. The van der Waals surface area contributed by atoms with Gasteiger partial charge in [0.1, 0.15) is 12.3 Å². The monoisotopic (exact) mass is 285 g/mol. The molecule has 0 aliphatic heterocycles. The fourth-order valence-corrected chi connectivity index (χ4v) is 1.87. The van der Waals surface area contributed by atoms with E-state index in [0.717, 1.165) is 0 Å². The molecule has 6 heteroatoms. The van der Waals surface area contributed by atoms with Crippen molar-refractivity contribution in [2.24, 2.45) is 5.92 Å². The summed E-state index contributed by atoms with van der Waals surface area (Å²) in [6.07, 6.45) is 0. The number of carbonyl (C=O) groups is 2. The number of nitrogens with zero attached hydrogens (tertiary/aromatic N) is 1. The molecule has 1 aromatic carbocycles. The molecule has 0 atom stereocenters. The zero-order valence-corrected chi connectivity index (χ0v) is 11.5. The lowest BCUT2D eigenvalue weighted by Crippen LogP contribution is -2.38. The molecule has 0 unspecified atom stereocenters. The predicted octanol–water partition coefficient (Wildman–Crippen LogP) is 2.23. The maximum Gasteiger partial charge on any atom is 0.323 e. The first-order chi connectivity index (χ1) is 8.81. The number of hydrogen-bond acceptors (Lipinski definition) is 3. The van der Waals surface area contributed by atoms with Gasteiger partial charge in [0.05, 0.1) is 10.6 Å². The molecule has 0 radical (unpaired) electrons. The van der Waals surface area contributed by atoms with E-state index in [9.17, 15) is 14.7 Å². The zero-order valence-electron chi connectivity index (χ0n) is 10.8. The number of aromatic hydroxyl groups is 1. The second-order valence-corrected chi connectivity index (χ2v) is 5.04. The van der Waals surface area contributed by atoms with Crippen molar-refractivity contribution in [3.63, 3.8) is 0 Å². The lowest BCUT2D eigenvalue weighted by atomic mass is 10.1. The number of halogens is 1. The molecule has 104 valence electrons. The van der Waals surface area contributed by atoms with E-state index in [2.05, 4.69) is 0 Å². The van der Waals surface area contributed by atoms with Crippen molar-refractivity contribution in [3.05, 3.63) is 28.8 Å². The number of phenolic OH excluding ortho intramolecular Hbond substituents is 1. The largest absolute Gasteiger partial charge is 0.508 e. The number of aliphatic carboxylic acids is 1. The van der Waals surface area contributed by atoms with Crippen molar-refractivity contribution in [3.8, 4) is 5.75 Å². The highest BCUT2D eigenvalue weighted by atomic mass is 35.5. The maximum atomic E-state index is 12.3. The van der Waals surface area contributed by atoms with Crippen molar-refractivity contribution in [1.82, 2.24) is 4.90 Å². The van der Waals surface area contributed by atoms with E-state index in [1.54, 1.807) is 0 Å². The van der Waals surface area contributed by atoms with Crippen LogP contribution in [0.2, 0.25) is 5.02 Å². The second kappa shape index (κ2) is 6.43. The van der Waals surface area contributed by atoms with Crippen LogP contribution in [-0.4, -0.2) is 40.1 Å². The molecule has 0 bridgehead atoms. The fraction of sp³-hybridized carbons (Fsp3) is 0.385. The van der Waals surface area contributed by atoms with E-state index in [1.807, 2.05) is 13.8 Å². The lowest BCUT2D eigenvalue weighted by molar-refractivity contribution is -0.137. The molecule has 0 aromatic heterocycles. The van der Waals surface area contributed by atoms with E-state index in [1.165, 1.54) is 23.1 Å². The summed E-state index contributed by atoms with van der Waals surface area (Å²) in [7, 11) is 0. The van der Waals surface area contributed by atoms with Gasteiger partial charge in [0.25, 0.3) is 5.91 Å². The normalized spacial score (nSPS) is 10.5. The third kappa shape index (κ3) is 4.44. The van der Waals surface area contributed by atoms with Crippen molar-refractivity contribution in [2.75, 3.05) is 13.1 Å². The Kier molecular flexibility index (Phi) is 5.18. The first kappa shape index (κ1) is 15.3. The molecule has 0 heterocycles. The second-order valence-electron chi connectivity index (χ2n) is 4.64. The average Bonchev–Trinajstić information content (AvgIpc) is 2.29. The number of phenols is 1. The Morgan fingerprint density at radius 2 is 2.00 bits per heavy atom. The van der Waals surface area contributed by atoms with Crippen molar-refractivity contribution >= 4 is 23.5 Å². The van der Waals surface area contributed by atoms with Gasteiger partial charge >= 0.3 is 5.97 Å². The Hall–Kier alpha value is -1.75. The minimum atomic E-state index is -1.09. The quantitative estimate of drug-likeness (QED) is 0.869. The smallest absolute Gasteiger partial charge is 0.323 e. The van der Waals surface area contributed by atoms with Crippen molar-refractivity contribution in [1.29, 1.82) is 0 Å². The van der Waals surface area contributed by atoms with Crippen LogP contribution in [0.1, 0.15) is 24.2 Å². The highest BCUT2D eigenvalue weighted by Gasteiger charge is 2.21. The number of benzene rings is 1. The molecule has 0 fully saturated rings. The molecule has 2 N–H and O–H groups in total. The van der Waals surface area contributed by atoms with Gasteiger partial charge in [0.2, 0.25) is 0 Å². The summed E-state index contributed by atoms with van der Waals surface area (Å²) in [4.78, 5) is 24.3. The van der Waals surface area contributed by atoms with Gasteiger partial charge in [-0.1, -0.05) is 25.4 Å². The molecule has 0 aliphatic rings. The number of rotatable bonds is 5. The summed E-state index contributed by atoms with van der Waals surface area (Å²) in [5.74, 6) is -1.56. The van der Waals surface area contributed by atoms with Crippen LogP contribution in [-0.2, 0) is 4.79 Å². The average molecular weight is 286 g/mol. The number of hydrogen-bond donors (Lipinski definition) is 2. The van der Waals surface area contributed by atoms with Gasteiger partial charge < -0.3 is 15.1 Å². The first-order valence-electron chi connectivity index (χ1n) is 5.81. The summed E-state index contributed by atoms with van der Waals surface area (Å²) in [6, 6.07) is 4.00. The summed E-state index contributed by atoms with van der Waals surface area (Å²) in [5, 5.41) is 18.4. The van der Waals surface area contributed by atoms with E-state index < -0.39 is 18.4 Å². The van der Waals surface area contributed by atoms with E-state index >= 15 is 0 Å². The van der Waals surface area contributed by atoms with Crippen LogP contribution in [0.15, 0.2) is 18.2 Å². The third-order valence-corrected chi connectivity index (χ3v) is 2.71. The Balaban J connectivity index is 3.03. The number of carbonyl (C=O) groups excluding carboxylic acids is 1. The molecule has 0 aliphatic carbocycles. The van der Waals surface area contributed by atoms with Crippen LogP contribution < -0.4 is 0 Å². The molecule has 5 nitrogen and oxygen atoms in total. The highest BCUT2D eigenvalue weighted by molar-refractivity contribution is 6.33. The van der Waals surface area contributed by atoms with Gasteiger partial charge in [-0.15, -0.1) is 0 Å². The van der Waals surface area contributed by atoms with Crippen LogP contribution in [0.4, 0.5) is 0 Å². The number of carboxylic acids is 1. The van der Waals surface area contributed by atoms with Crippen LogP contribution in [0.5, 0.6) is 5.75 Å². The minimum absolute atomic E-state index is 0.0902. The van der Waals surface area contributed by atoms with Gasteiger partial charge in [-0.2, -0.15) is 0 Å². The summed E-state index contributed by atoms with van der Waals surface area (Å²) in [5.41, 5.74) is 0.101. The van der Waals surface area contributed by atoms with E-state index in [-0.39, 0.29) is 22.3 Å². The van der Waals surface area contributed by atoms with Gasteiger partial charge in [-0.3, -0.25) is 9.59 Å². The Morgan fingerprint density at radius 3 is 2.53 bits per heavy atom. The highest BCUT2D eigenvalue weighted by Crippen LogP contribution is 2.23. The molecule has 0 spiro atoms. The molecular weight excluding hydrogens is 270 g/mol. The summed E-state index contributed by atoms with van der Waals surface area (Å²) < 4.78 is 0. The van der Waals surface area contributed by atoms with Crippen LogP contribution in [0.3, 0.4) is 0 Å². The molecular formula is C13H16ClNO4. The van der Waals surface area contributed by atoms with Gasteiger partial charge in [-0.05, 0) is 24.1 Å². The van der Waals surface area contributed by atoms with Crippen molar-refractivity contribution < 1.29 is 19.8 Å². The third-order valence-electron chi connectivity index (χ3n) is 2.38. The van der Waals surface area contributed by atoms with Gasteiger partial charge in [0, 0.05) is 6.54 Å². The Labute approximate surface area is 116 Å². The Bertz CT molecular complexity index is 488. The van der Waals surface area contributed by atoms with Crippen LogP contribution >= 0.6 is 11.6 Å². The fourth-order valence-electron chi connectivity index (χ4n) is 1.67. The molecule has 0 saturated carbocycles. The number of carboxylic acid groups (broad SMARTS) is 1. The molecule has 1 amide bonds. The van der Waals surface area contributed by atoms with E-state index in [0.29, 0.717) is 6.54 Å². The number of amides is 1. The summed E-state index contributed by atoms with van der Waals surface area (Å²) in [6.45, 7) is 3.67. The maximum absolute atomic E-state index is 12.3. The van der Waals surface area contributed by atoms with Crippen LogP contribution in [0.25, 0.3) is 0 Å². The summed E-state index contributed by atoms with van der Waals surface area (Å²) >= 11 is 5.90. The molecule has 1 rings (SSSR count). The first-order valence-corrected chi connectivity index (χ1v) is 6.18. The molecule has 19 heavy (non-hydrogen) atoms. The zero-order chi connectivity index (χ0) is 14.6.